The molecule has 1 aromatic heterocycles. The Hall–Kier alpha value is -1.38. The molecule has 0 N–H and O–H groups in total. The van der Waals surface area contributed by atoms with Crippen LogP contribution in [0.1, 0.15) is 17.0 Å². The molecular formula is C13H10Cl2N2. The summed E-state index contributed by atoms with van der Waals surface area (Å²) in [4.78, 5) is 8.26. The summed E-state index contributed by atoms with van der Waals surface area (Å²) in [6.45, 7) is 1.79. The van der Waals surface area contributed by atoms with E-state index in [1.807, 2.05) is 36.4 Å². The lowest BCUT2D eigenvalue weighted by molar-refractivity contribution is 1.10. The van der Waals surface area contributed by atoms with Gasteiger partial charge >= 0.3 is 0 Å². The van der Waals surface area contributed by atoms with E-state index in [0.29, 0.717) is 21.7 Å². The molecule has 0 saturated carbocycles. The molecule has 0 aliphatic carbocycles. The molecule has 0 saturated heterocycles. The predicted octanol–water partition coefficient (Wildman–Crippen LogP) is 4.26. The third-order valence-electron chi connectivity index (χ3n) is 2.27. The zero-order valence-corrected chi connectivity index (χ0v) is 10.7. The highest BCUT2D eigenvalue weighted by atomic mass is 35.5. The Balaban J connectivity index is 2.28. The summed E-state index contributed by atoms with van der Waals surface area (Å²) in [5, 5.41) is 0.774. The van der Waals surface area contributed by atoms with Crippen LogP contribution in [0.3, 0.4) is 0 Å². The minimum atomic E-state index is 0.387. The van der Waals surface area contributed by atoms with Gasteiger partial charge in [0.05, 0.1) is 0 Å². The van der Waals surface area contributed by atoms with E-state index in [4.69, 9.17) is 23.2 Å². The summed E-state index contributed by atoms with van der Waals surface area (Å²) < 4.78 is 0. The van der Waals surface area contributed by atoms with Crippen molar-refractivity contribution in [2.75, 3.05) is 0 Å². The van der Waals surface area contributed by atoms with Crippen LogP contribution in [0.15, 0.2) is 30.3 Å². The summed E-state index contributed by atoms with van der Waals surface area (Å²) in [6.07, 6.45) is 3.70. The van der Waals surface area contributed by atoms with E-state index in [-0.39, 0.29) is 0 Å². The third kappa shape index (κ3) is 3.05. The van der Waals surface area contributed by atoms with Gasteiger partial charge in [0.15, 0.2) is 5.82 Å². The first-order chi connectivity index (χ1) is 8.16. The van der Waals surface area contributed by atoms with Crippen molar-refractivity contribution < 1.29 is 0 Å². The van der Waals surface area contributed by atoms with Gasteiger partial charge in [-0.3, -0.25) is 0 Å². The van der Waals surface area contributed by atoms with Gasteiger partial charge in [-0.1, -0.05) is 59.6 Å². The molecule has 0 radical (unpaired) electrons. The largest absolute Gasteiger partial charge is 0.217 e. The number of rotatable bonds is 2. The second kappa shape index (κ2) is 5.30. The maximum absolute atomic E-state index is 5.93. The van der Waals surface area contributed by atoms with Crippen LogP contribution in [0.25, 0.3) is 12.2 Å². The van der Waals surface area contributed by atoms with Gasteiger partial charge in [-0.15, -0.1) is 0 Å². The van der Waals surface area contributed by atoms with Crippen LogP contribution in [0.5, 0.6) is 0 Å². The molecule has 0 fully saturated rings. The van der Waals surface area contributed by atoms with Gasteiger partial charge in [0, 0.05) is 5.56 Å². The van der Waals surface area contributed by atoms with Crippen molar-refractivity contribution in [2.24, 2.45) is 0 Å². The highest BCUT2D eigenvalue weighted by Crippen LogP contribution is 2.20. The topological polar surface area (TPSA) is 25.8 Å². The number of benzene rings is 1. The quantitative estimate of drug-likeness (QED) is 0.758. The molecule has 0 spiro atoms. The fourth-order valence-corrected chi connectivity index (χ4v) is 1.69. The molecule has 2 nitrogen and oxygen atoms in total. The van der Waals surface area contributed by atoms with Gasteiger partial charge in [0.2, 0.25) is 0 Å². The number of aromatic nitrogens is 2. The van der Waals surface area contributed by atoms with Crippen molar-refractivity contribution in [3.8, 4) is 0 Å². The van der Waals surface area contributed by atoms with Gasteiger partial charge in [-0.05, 0) is 18.6 Å². The zero-order chi connectivity index (χ0) is 12.3. The van der Waals surface area contributed by atoms with Gasteiger partial charge in [-0.25, -0.2) is 9.97 Å². The summed E-state index contributed by atoms with van der Waals surface area (Å²) in [7, 11) is 0. The molecule has 0 aliphatic rings. The van der Waals surface area contributed by atoms with Crippen LogP contribution in [0.4, 0.5) is 0 Å². The summed E-state index contributed by atoms with van der Waals surface area (Å²) in [5.74, 6) is 0.509. The zero-order valence-electron chi connectivity index (χ0n) is 9.19. The van der Waals surface area contributed by atoms with Crippen molar-refractivity contribution in [1.29, 1.82) is 0 Å². The molecule has 2 aromatic rings. The van der Waals surface area contributed by atoms with Gasteiger partial charge in [-0.2, -0.15) is 0 Å². The third-order valence-corrected chi connectivity index (χ3v) is 3.00. The molecule has 0 bridgehead atoms. The van der Waals surface area contributed by atoms with Crippen LogP contribution < -0.4 is 0 Å². The van der Waals surface area contributed by atoms with Crippen molar-refractivity contribution >= 4 is 35.4 Å². The Labute approximate surface area is 110 Å². The molecule has 0 aliphatic heterocycles. The lowest BCUT2D eigenvalue weighted by Crippen LogP contribution is -1.92. The molecule has 0 amide bonds. The second-order valence-electron chi connectivity index (χ2n) is 3.53. The molecule has 0 atom stereocenters. The Morgan fingerprint density at radius 2 is 1.53 bits per heavy atom. The van der Waals surface area contributed by atoms with Crippen LogP contribution in [-0.4, -0.2) is 9.97 Å². The van der Waals surface area contributed by atoms with Crippen LogP contribution in [-0.2, 0) is 0 Å². The minimum Gasteiger partial charge on any atom is -0.217 e. The average molecular weight is 265 g/mol. The van der Waals surface area contributed by atoms with Crippen LogP contribution in [0.2, 0.25) is 10.3 Å². The standard InChI is InChI=1S/C13H10Cl2N2/c1-9-12(14)16-11(17-13(9)15)8-7-10-5-3-2-4-6-10/h2-8H,1H3/b8-7+. The molecule has 0 unspecified atom stereocenters. The molecule has 17 heavy (non-hydrogen) atoms. The van der Waals surface area contributed by atoms with E-state index in [2.05, 4.69) is 9.97 Å². The van der Waals surface area contributed by atoms with Crippen molar-refractivity contribution in [3.05, 3.63) is 57.6 Å². The van der Waals surface area contributed by atoms with Crippen LogP contribution >= 0.6 is 23.2 Å². The Kier molecular flexibility index (Phi) is 3.77. The number of hydrogen-bond donors (Lipinski definition) is 0. The highest BCUT2D eigenvalue weighted by molar-refractivity contribution is 6.34. The molecule has 1 aromatic carbocycles. The Morgan fingerprint density at radius 3 is 2.12 bits per heavy atom. The predicted molar refractivity (Wildman–Crippen MR) is 72.2 cm³/mol. The first-order valence-corrected chi connectivity index (χ1v) is 5.85. The molecule has 86 valence electrons. The summed E-state index contributed by atoms with van der Waals surface area (Å²) in [5.41, 5.74) is 1.77. The molecule has 4 heteroatoms. The van der Waals surface area contributed by atoms with Crippen molar-refractivity contribution in [1.82, 2.24) is 9.97 Å². The Morgan fingerprint density at radius 1 is 0.941 bits per heavy atom. The number of nitrogens with zero attached hydrogens (tertiary/aromatic N) is 2. The fourth-order valence-electron chi connectivity index (χ4n) is 1.29. The van der Waals surface area contributed by atoms with E-state index in [0.717, 1.165) is 5.56 Å². The molecule has 1 heterocycles. The monoisotopic (exact) mass is 264 g/mol. The van der Waals surface area contributed by atoms with E-state index < -0.39 is 0 Å². The molecular weight excluding hydrogens is 255 g/mol. The molecule has 2 rings (SSSR count). The normalized spacial score (nSPS) is 11.0. The first kappa shape index (κ1) is 12.1. The fraction of sp³-hybridized carbons (Fsp3) is 0.0769. The first-order valence-electron chi connectivity index (χ1n) is 5.09. The van der Waals surface area contributed by atoms with E-state index in [9.17, 15) is 0 Å². The number of hydrogen-bond acceptors (Lipinski definition) is 2. The summed E-state index contributed by atoms with van der Waals surface area (Å²) >= 11 is 11.9. The van der Waals surface area contributed by atoms with Crippen LogP contribution in [0, 0.1) is 6.92 Å². The number of halogens is 2. The van der Waals surface area contributed by atoms with Crippen molar-refractivity contribution in [3.63, 3.8) is 0 Å². The lowest BCUT2D eigenvalue weighted by Gasteiger charge is -2.00. The maximum Gasteiger partial charge on any atom is 0.155 e. The average Bonchev–Trinajstić information content (AvgIpc) is 2.34. The van der Waals surface area contributed by atoms with E-state index in [1.54, 1.807) is 13.0 Å². The van der Waals surface area contributed by atoms with E-state index in [1.165, 1.54) is 0 Å². The minimum absolute atomic E-state index is 0.387. The second-order valence-corrected chi connectivity index (χ2v) is 4.25. The van der Waals surface area contributed by atoms with Gasteiger partial charge < -0.3 is 0 Å². The smallest absolute Gasteiger partial charge is 0.155 e. The Bertz CT molecular complexity index is 528. The van der Waals surface area contributed by atoms with Gasteiger partial charge in [0.25, 0.3) is 0 Å². The summed E-state index contributed by atoms with van der Waals surface area (Å²) in [6, 6.07) is 9.89. The van der Waals surface area contributed by atoms with E-state index >= 15 is 0 Å². The van der Waals surface area contributed by atoms with Gasteiger partial charge in [0.1, 0.15) is 10.3 Å². The van der Waals surface area contributed by atoms with Crippen molar-refractivity contribution in [2.45, 2.75) is 6.92 Å². The lowest BCUT2D eigenvalue weighted by atomic mass is 10.2. The maximum atomic E-state index is 5.93. The highest BCUT2D eigenvalue weighted by Gasteiger charge is 2.04. The SMILES string of the molecule is Cc1c(Cl)nc(/C=C/c2ccccc2)nc1Cl.